The minimum absolute atomic E-state index is 0.326. The van der Waals surface area contributed by atoms with Crippen molar-refractivity contribution >= 4 is 5.91 Å². The molecule has 13 heavy (non-hydrogen) atoms. The number of carbonyl (C=O) groups excluding carboxylic acids is 1. The molecule has 0 unspecified atom stereocenters. The fourth-order valence-electron chi connectivity index (χ4n) is 2.58. The summed E-state index contributed by atoms with van der Waals surface area (Å²) >= 11 is 0. The predicted molar refractivity (Wildman–Crippen MR) is 52.4 cm³/mol. The van der Waals surface area contributed by atoms with E-state index in [-0.39, 0.29) is 0 Å². The molecule has 2 nitrogen and oxygen atoms in total. The van der Waals surface area contributed by atoms with Gasteiger partial charge < -0.3 is 5.32 Å². The average Bonchev–Trinajstić information content (AvgIpc) is 2.45. The summed E-state index contributed by atoms with van der Waals surface area (Å²) in [5, 5.41) is 3.11. The molecule has 2 atom stereocenters. The van der Waals surface area contributed by atoms with E-state index in [4.69, 9.17) is 0 Å². The van der Waals surface area contributed by atoms with Crippen molar-refractivity contribution in [1.82, 2.24) is 5.32 Å². The molecule has 74 valence electrons. The summed E-state index contributed by atoms with van der Waals surface area (Å²) in [5.74, 6) is 0.676. The van der Waals surface area contributed by atoms with Crippen LogP contribution in [0.1, 0.15) is 51.4 Å². The van der Waals surface area contributed by atoms with Gasteiger partial charge in [0.15, 0.2) is 0 Å². The lowest BCUT2D eigenvalue weighted by Gasteiger charge is -2.11. The lowest BCUT2D eigenvalue weighted by atomic mass is 9.93. The van der Waals surface area contributed by atoms with Gasteiger partial charge in [-0.05, 0) is 19.3 Å². The van der Waals surface area contributed by atoms with E-state index in [2.05, 4.69) is 5.32 Å². The average molecular weight is 181 g/mol. The summed E-state index contributed by atoms with van der Waals surface area (Å²) in [7, 11) is 0. The highest BCUT2D eigenvalue weighted by Gasteiger charge is 2.30. The van der Waals surface area contributed by atoms with Crippen LogP contribution in [-0.4, -0.2) is 11.9 Å². The molecule has 1 saturated heterocycles. The highest BCUT2D eigenvalue weighted by molar-refractivity contribution is 5.81. The maximum Gasteiger partial charge on any atom is 0.223 e. The van der Waals surface area contributed by atoms with Crippen molar-refractivity contribution in [3.05, 3.63) is 0 Å². The molecule has 1 aliphatic heterocycles. The van der Waals surface area contributed by atoms with Crippen molar-refractivity contribution in [2.75, 3.05) is 0 Å². The number of rotatable bonds is 0. The summed E-state index contributed by atoms with van der Waals surface area (Å²) in [4.78, 5) is 11.5. The monoisotopic (exact) mass is 181 g/mol. The second kappa shape index (κ2) is 4.12. The third-order valence-corrected chi connectivity index (χ3v) is 3.39. The lowest BCUT2D eigenvalue weighted by molar-refractivity contribution is -0.122. The maximum atomic E-state index is 11.5. The standard InChI is InChI=1S/C11H19NO/c13-11-9-6-4-2-1-3-5-7-10(8-9)12-11/h9-10H,1-8H2,(H,12,13)/t9-,10+/m0/s1. The highest BCUT2D eigenvalue weighted by Crippen LogP contribution is 2.26. The van der Waals surface area contributed by atoms with Gasteiger partial charge in [-0.15, -0.1) is 0 Å². The first kappa shape index (κ1) is 9.04. The first-order valence-corrected chi connectivity index (χ1v) is 5.66. The molecule has 2 rings (SSSR count). The third-order valence-electron chi connectivity index (χ3n) is 3.39. The number of amides is 1. The Kier molecular flexibility index (Phi) is 2.87. The minimum atomic E-state index is 0.326. The van der Waals surface area contributed by atoms with Crippen molar-refractivity contribution in [2.24, 2.45) is 5.92 Å². The molecule has 1 saturated carbocycles. The second-order valence-electron chi connectivity index (χ2n) is 4.48. The first-order chi connectivity index (χ1) is 6.36. The van der Waals surface area contributed by atoms with Crippen LogP contribution in [-0.2, 0) is 4.79 Å². The van der Waals surface area contributed by atoms with Gasteiger partial charge in [-0.25, -0.2) is 0 Å². The second-order valence-corrected chi connectivity index (χ2v) is 4.48. The van der Waals surface area contributed by atoms with Crippen LogP contribution in [0, 0.1) is 5.92 Å². The molecule has 2 heteroatoms. The van der Waals surface area contributed by atoms with Crippen molar-refractivity contribution in [3.8, 4) is 0 Å². The smallest absolute Gasteiger partial charge is 0.223 e. The summed E-state index contributed by atoms with van der Waals surface area (Å²) < 4.78 is 0. The van der Waals surface area contributed by atoms with E-state index in [1.54, 1.807) is 0 Å². The molecule has 1 N–H and O–H groups in total. The zero-order valence-corrected chi connectivity index (χ0v) is 8.22. The summed E-state index contributed by atoms with van der Waals surface area (Å²) in [6, 6.07) is 0.510. The Labute approximate surface area is 80.1 Å². The predicted octanol–water partition coefficient (Wildman–Crippen LogP) is 2.24. The number of hydrogen-bond donors (Lipinski definition) is 1. The summed E-state index contributed by atoms with van der Waals surface area (Å²) in [6.07, 6.45) is 10.1. The van der Waals surface area contributed by atoms with E-state index in [0.29, 0.717) is 17.9 Å². The molecule has 1 aliphatic carbocycles. The quantitative estimate of drug-likeness (QED) is 0.610. The molecule has 1 amide bonds. The van der Waals surface area contributed by atoms with E-state index in [1.807, 2.05) is 0 Å². The van der Waals surface area contributed by atoms with Gasteiger partial charge in [0, 0.05) is 12.0 Å². The van der Waals surface area contributed by atoms with Crippen LogP contribution in [0.25, 0.3) is 0 Å². The van der Waals surface area contributed by atoms with Crippen LogP contribution in [0.15, 0.2) is 0 Å². The van der Waals surface area contributed by atoms with Crippen LogP contribution in [0.5, 0.6) is 0 Å². The normalized spacial score (nSPS) is 35.5. The Hall–Kier alpha value is -0.530. The van der Waals surface area contributed by atoms with E-state index < -0.39 is 0 Å². The van der Waals surface area contributed by atoms with Crippen molar-refractivity contribution in [3.63, 3.8) is 0 Å². The Morgan fingerprint density at radius 3 is 2.54 bits per heavy atom. The van der Waals surface area contributed by atoms with E-state index in [1.165, 1.54) is 38.5 Å². The Morgan fingerprint density at radius 1 is 1.00 bits per heavy atom. The fraction of sp³-hybridized carbons (Fsp3) is 0.909. The molecule has 0 spiro atoms. The van der Waals surface area contributed by atoms with Crippen molar-refractivity contribution in [2.45, 2.75) is 57.4 Å². The van der Waals surface area contributed by atoms with Gasteiger partial charge in [0.2, 0.25) is 5.91 Å². The van der Waals surface area contributed by atoms with Crippen LogP contribution >= 0.6 is 0 Å². The van der Waals surface area contributed by atoms with Crippen molar-refractivity contribution < 1.29 is 4.79 Å². The molecule has 0 aromatic carbocycles. The topological polar surface area (TPSA) is 29.1 Å². The van der Waals surface area contributed by atoms with Gasteiger partial charge in [-0.3, -0.25) is 4.79 Å². The van der Waals surface area contributed by atoms with Gasteiger partial charge in [0.25, 0.3) is 0 Å². The molecule has 0 aromatic rings. The third kappa shape index (κ3) is 2.23. The lowest BCUT2D eigenvalue weighted by Crippen LogP contribution is -2.26. The minimum Gasteiger partial charge on any atom is -0.353 e. The van der Waals surface area contributed by atoms with Crippen LogP contribution in [0.4, 0.5) is 0 Å². The summed E-state index contributed by atoms with van der Waals surface area (Å²) in [5.41, 5.74) is 0. The summed E-state index contributed by atoms with van der Waals surface area (Å²) in [6.45, 7) is 0. The molecule has 2 fully saturated rings. The first-order valence-electron chi connectivity index (χ1n) is 5.66. The molecule has 2 aliphatic rings. The molecular formula is C11H19NO. The largest absolute Gasteiger partial charge is 0.353 e. The van der Waals surface area contributed by atoms with Crippen molar-refractivity contribution in [1.29, 1.82) is 0 Å². The highest BCUT2D eigenvalue weighted by atomic mass is 16.2. The van der Waals surface area contributed by atoms with Crippen LogP contribution in [0.2, 0.25) is 0 Å². The van der Waals surface area contributed by atoms with Crippen LogP contribution in [0.3, 0.4) is 0 Å². The molecule has 1 heterocycles. The number of carbonyl (C=O) groups is 1. The van der Waals surface area contributed by atoms with Gasteiger partial charge in [-0.1, -0.05) is 32.1 Å². The SMILES string of the molecule is O=C1N[C@@H]2CCCCCCC[C@H]1C2. The van der Waals surface area contributed by atoms with Gasteiger partial charge >= 0.3 is 0 Å². The number of fused-ring (bicyclic) bond motifs is 2. The van der Waals surface area contributed by atoms with E-state index in [9.17, 15) is 4.79 Å². The maximum absolute atomic E-state index is 11.5. The van der Waals surface area contributed by atoms with E-state index in [0.717, 1.165) is 12.8 Å². The number of nitrogens with one attached hydrogen (secondary N) is 1. The zero-order chi connectivity index (χ0) is 9.10. The molecule has 0 aromatic heterocycles. The fourth-order valence-corrected chi connectivity index (χ4v) is 2.58. The van der Waals surface area contributed by atoms with Gasteiger partial charge in [0.05, 0.1) is 0 Å². The Morgan fingerprint density at radius 2 is 1.69 bits per heavy atom. The van der Waals surface area contributed by atoms with Crippen LogP contribution < -0.4 is 5.32 Å². The molecule has 2 bridgehead atoms. The van der Waals surface area contributed by atoms with E-state index >= 15 is 0 Å². The van der Waals surface area contributed by atoms with Gasteiger partial charge in [0.1, 0.15) is 0 Å². The Bertz CT molecular complexity index is 191. The molecular weight excluding hydrogens is 162 g/mol. The molecule has 0 radical (unpaired) electrons. The zero-order valence-electron chi connectivity index (χ0n) is 8.22. The Balaban J connectivity index is 1.93. The number of hydrogen-bond acceptors (Lipinski definition) is 1. The van der Waals surface area contributed by atoms with Gasteiger partial charge in [-0.2, -0.15) is 0 Å².